The van der Waals surface area contributed by atoms with Crippen molar-refractivity contribution in [2.45, 2.75) is 51.6 Å². The van der Waals surface area contributed by atoms with Gasteiger partial charge in [-0.25, -0.2) is 4.39 Å². The summed E-state index contributed by atoms with van der Waals surface area (Å²) in [6.07, 6.45) is 5.63. The Bertz CT molecular complexity index is 1490. The number of fused-ring (bicyclic) bond motifs is 2. The van der Waals surface area contributed by atoms with Crippen molar-refractivity contribution in [1.82, 2.24) is 0 Å². The highest BCUT2D eigenvalue weighted by Gasteiger charge is 2.61. The van der Waals surface area contributed by atoms with Crippen LogP contribution < -0.4 is 14.2 Å². The third-order valence-electron chi connectivity index (χ3n) is 8.76. The van der Waals surface area contributed by atoms with Gasteiger partial charge >= 0.3 is 5.97 Å². The van der Waals surface area contributed by atoms with Crippen molar-refractivity contribution >= 4 is 11.5 Å². The van der Waals surface area contributed by atoms with Crippen LogP contribution in [0.25, 0.3) is 16.7 Å². The Hall–Kier alpha value is -3.80. The Kier molecular flexibility index (Phi) is 6.17. The number of carbonyl (C=O) groups is 1. The second-order valence-electron chi connectivity index (χ2n) is 11.6. The van der Waals surface area contributed by atoms with Gasteiger partial charge in [0.25, 0.3) is 0 Å². The van der Waals surface area contributed by atoms with Crippen molar-refractivity contribution in [3.63, 3.8) is 0 Å². The van der Waals surface area contributed by atoms with Crippen molar-refractivity contribution in [1.29, 1.82) is 0 Å². The molecule has 1 fully saturated rings. The predicted octanol–water partition coefficient (Wildman–Crippen LogP) is 7.41. The Morgan fingerprint density at radius 2 is 1.85 bits per heavy atom. The fourth-order valence-corrected chi connectivity index (χ4v) is 6.40. The third-order valence-corrected chi connectivity index (χ3v) is 8.76. The first kappa shape index (κ1) is 25.5. The molecular formula is C33H33FO5. The normalized spacial score (nSPS) is 22.6. The van der Waals surface area contributed by atoms with Crippen LogP contribution in [-0.4, -0.2) is 24.8 Å². The zero-order valence-electron chi connectivity index (χ0n) is 22.6. The number of benzene rings is 3. The molecule has 0 saturated heterocycles. The maximum atomic E-state index is 15.1. The molecule has 0 radical (unpaired) electrons. The standard InChI is InChI=1S/C33H33FO5/c1-32(2)12-4-5-26(32)24-15-20(6-9-23(24)25-16-21(37-3)7-10-29(25)34)19-39-22-8-11-30-27(17-22)33(13-14-38-30)18-28(33)31(35)36/h5-11,15-17,28H,4,12-14,18-19H2,1-3H3,(H,35,36). The summed E-state index contributed by atoms with van der Waals surface area (Å²) >= 11 is 0. The van der Waals surface area contributed by atoms with E-state index >= 15 is 4.39 Å². The summed E-state index contributed by atoms with van der Waals surface area (Å²) in [5.41, 5.74) is 5.08. The minimum Gasteiger partial charge on any atom is -0.497 e. The van der Waals surface area contributed by atoms with E-state index in [1.165, 1.54) is 11.6 Å². The fourth-order valence-electron chi connectivity index (χ4n) is 6.40. The lowest BCUT2D eigenvalue weighted by Crippen LogP contribution is -2.24. The van der Waals surface area contributed by atoms with Crippen molar-refractivity contribution in [3.8, 4) is 28.4 Å². The molecule has 0 aromatic heterocycles. The largest absolute Gasteiger partial charge is 0.497 e. The van der Waals surface area contributed by atoms with Gasteiger partial charge in [0.05, 0.1) is 19.6 Å². The number of ether oxygens (including phenoxy) is 3. The van der Waals surface area contributed by atoms with Gasteiger partial charge < -0.3 is 19.3 Å². The Balaban J connectivity index is 1.32. The summed E-state index contributed by atoms with van der Waals surface area (Å²) in [7, 11) is 1.58. The Labute approximate surface area is 228 Å². The summed E-state index contributed by atoms with van der Waals surface area (Å²) in [4.78, 5) is 11.7. The minimum absolute atomic E-state index is 0.0265. The molecule has 1 spiro atoms. The predicted molar refractivity (Wildman–Crippen MR) is 148 cm³/mol. The van der Waals surface area contributed by atoms with E-state index in [0.29, 0.717) is 43.1 Å². The molecule has 3 aromatic rings. The lowest BCUT2D eigenvalue weighted by atomic mass is 9.79. The van der Waals surface area contributed by atoms with E-state index in [0.717, 1.165) is 40.8 Å². The molecule has 39 heavy (non-hydrogen) atoms. The minimum atomic E-state index is -0.751. The van der Waals surface area contributed by atoms with Gasteiger partial charge in [0.1, 0.15) is 29.7 Å². The zero-order chi connectivity index (χ0) is 27.4. The first-order valence-corrected chi connectivity index (χ1v) is 13.5. The van der Waals surface area contributed by atoms with Crippen molar-refractivity contribution in [2.24, 2.45) is 11.3 Å². The lowest BCUT2D eigenvalue weighted by Gasteiger charge is -2.27. The number of carboxylic acids is 1. The molecule has 2 aliphatic carbocycles. The summed E-state index contributed by atoms with van der Waals surface area (Å²) in [6.45, 7) is 5.32. The van der Waals surface area contributed by atoms with Crippen LogP contribution in [0.15, 0.2) is 60.7 Å². The molecule has 3 aromatic carbocycles. The molecule has 1 aliphatic heterocycles. The quantitative estimate of drug-likeness (QED) is 0.346. The van der Waals surface area contributed by atoms with Crippen molar-refractivity contribution in [3.05, 3.63) is 83.2 Å². The van der Waals surface area contributed by atoms with Crippen LogP contribution in [0.1, 0.15) is 56.2 Å². The van der Waals surface area contributed by atoms with Crippen LogP contribution in [0.3, 0.4) is 0 Å². The van der Waals surface area contributed by atoms with Gasteiger partial charge in [0.15, 0.2) is 0 Å². The van der Waals surface area contributed by atoms with E-state index in [9.17, 15) is 9.90 Å². The maximum absolute atomic E-state index is 15.1. The van der Waals surface area contributed by atoms with Gasteiger partial charge in [-0.2, -0.15) is 0 Å². The number of hydrogen-bond acceptors (Lipinski definition) is 4. The van der Waals surface area contributed by atoms with E-state index in [1.54, 1.807) is 19.2 Å². The molecule has 0 amide bonds. The number of hydrogen-bond donors (Lipinski definition) is 1. The Morgan fingerprint density at radius 1 is 1.03 bits per heavy atom. The monoisotopic (exact) mass is 528 g/mol. The molecule has 1 saturated carbocycles. The smallest absolute Gasteiger partial charge is 0.307 e. The van der Waals surface area contributed by atoms with Crippen LogP contribution in [0.4, 0.5) is 4.39 Å². The van der Waals surface area contributed by atoms with E-state index in [4.69, 9.17) is 14.2 Å². The summed E-state index contributed by atoms with van der Waals surface area (Å²) in [5.74, 6) is 0.630. The van der Waals surface area contributed by atoms with E-state index in [-0.39, 0.29) is 22.6 Å². The molecule has 2 unspecified atom stereocenters. The first-order valence-electron chi connectivity index (χ1n) is 13.5. The lowest BCUT2D eigenvalue weighted by molar-refractivity contribution is -0.139. The average Bonchev–Trinajstić information content (AvgIpc) is 3.54. The molecule has 2 atom stereocenters. The summed E-state index contributed by atoms with van der Waals surface area (Å²) < 4.78 is 32.5. The number of rotatable bonds is 7. The highest BCUT2D eigenvalue weighted by molar-refractivity contribution is 5.85. The number of methoxy groups -OCH3 is 1. The molecule has 6 heteroatoms. The fraction of sp³-hybridized carbons (Fsp3) is 0.364. The second kappa shape index (κ2) is 9.44. The molecule has 202 valence electrons. The molecule has 1 N–H and O–H groups in total. The van der Waals surface area contributed by atoms with Crippen LogP contribution >= 0.6 is 0 Å². The van der Waals surface area contributed by atoms with Gasteiger partial charge in [-0.1, -0.05) is 32.1 Å². The maximum Gasteiger partial charge on any atom is 0.307 e. The van der Waals surface area contributed by atoms with Gasteiger partial charge in [0.2, 0.25) is 0 Å². The van der Waals surface area contributed by atoms with Crippen LogP contribution in [0.5, 0.6) is 17.2 Å². The van der Waals surface area contributed by atoms with Crippen LogP contribution in [-0.2, 0) is 16.8 Å². The summed E-state index contributed by atoms with van der Waals surface area (Å²) in [5, 5.41) is 9.61. The van der Waals surface area contributed by atoms with E-state index in [2.05, 4.69) is 26.0 Å². The molecule has 0 bridgehead atoms. The van der Waals surface area contributed by atoms with Crippen molar-refractivity contribution in [2.75, 3.05) is 13.7 Å². The SMILES string of the molecule is COc1ccc(F)c(-c2ccc(COc3ccc4c(c3)C3(CCO4)CC3C(=O)O)cc2C2=CCCC2(C)C)c1. The third kappa shape index (κ3) is 4.46. The number of aliphatic carboxylic acids is 1. The molecule has 3 aliphatic rings. The van der Waals surface area contributed by atoms with Gasteiger partial charge in [-0.15, -0.1) is 0 Å². The Morgan fingerprint density at radius 3 is 2.56 bits per heavy atom. The topological polar surface area (TPSA) is 65.0 Å². The summed E-state index contributed by atoms with van der Waals surface area (Å²) in [6, 6.07) is 16.6. The molecule has 5 nitrogen and oxygen atoms in total. The number of carboxylic acid groups (broad SMARTS) is 1. The van der Waals surface area contributed by atoms with Crippen LogP contribution in [0, 0.1) is 17.2 Å². The van der Waals surface area contributed by atoms with E-state index in [1.807, 2.05) is 30.3 Å². The van der Waals surface area contributed by atoms with Gasteiger partial charge in [0, 0.05) is 16.5 Å². The van der Waals surface area contributed by atoms with E-state index < -0.39 is 5.97 Å². The average molecular weight is 529 g/mol. The van der Waals surface area contributed by atoms with Gasteiger partial charge in [-0.3, -0.25) is 4.79 Å². The highest BCUT2D eigenvalue weighted by Crippen LogP contribution is 2.61. The van der Waals surface area contributed by atoms with Gasteiger partial charge in [-0.05, 0) is 95.8 Å². The number of halogens is 1. The zero-order valence-corrected chi connectivity index (χ0v) is 22.6. The molecular weight excluding hydrogens is 495 g/mol. The van der Waals surface area contributed by atoms with Crippen LogP contribution in [0.2, 0.25) is 0 Å². The number of allylic oxidation sites excluding steroid dienone is 2. The first-order chi connectivity index (χ1) is 18.7. The molecule has 6 rings (SSSR count). The molecule has 1 heterocycles. The highest BCUT2D eigenvalue weighted by atomic mass is 19.1. The van der Waals surface area contributed by atoms with Crippen molar-refractivity contribution < 1.29 is 28.5 Å². The second-order valence-corrected chi connectivity index (χ2v) is 11.6.